The third kappa shape index (κ3) is 1.35. The number of rotatable bonds is 1. The fourth-order valence-electron chi connectivity index (χ4n) is 1.48. The smallest absolute Gasteiger partial charge is 0.190 e. The van der Waals surface area contributed by atoms with Crippen molar-refractivity contribution in [1.29, 1.82) is 0 Å². The van der Waals surface area contributed by atoms with E-state index in [1.807, 2.05) is 19.3 Å². The van der Waals surface area contributed by atoms with Crippen LogP contribution in [0.15, 0.2) is 24.7 Å². The Kier molecular flexibility index (Phi) is 1.90. The van der Waals surface area contributed by atoms with Gasteiger partial charge in [0, 0.05) is 19.3 Å². The van der Waals surface area contributed by atoms with E-state index in [9.17, 15) is 0 Å². The SMILES string of the molecule is Cn1ccc(-c2nnc3cc(Cl)ncn23)n1. The molecule has 0 radical (unpaired) electrons. The highest BCUT2D eigenvalue weighted by atomic mass is 35.5. The first-order valence-corrected chi connectivity index (χ1v) is 4.98. The predicted molar refractivity (Wildman–Crippen MR) is 58.0 cm³/mol. The van der Waals surface area contributed by atoms with Gasteiger partial charge in [0.1, 0.15) is 17.2 Å². The minimum Gasteiger partial charge on any atom is -0.275 e. The molecule has 0 saturated carbocycles. The van der Waals surface area contributed by atoms with Crippen molar-refractivity contribution >= 4 is 17.2 Å². The van der Waals surface area contributed by atoms with E-state index in [1.165, 1.54) is 0 Å². The van der Waals surface area contributed by atoms with Crippen molar-refractivity contribution in [1.82, 2.24) is 29.4 Å². The summed E-state index contributed by atoms with van der Waals surface area (Å²) in [6.45, 7) is 0. The molecule has 0 aliphatic heterocycles. The molecule has 3 heterocycles. The monoisotopic (exact) mass is 234 g/mol. The molecule has 0 aliphatic carbocycles. The minimum atomic E-state index is 0.396. The lowest BCUT2D eigenvalue weighted by atomic mass is 10.4. The Morgan fingerprint density at radius 3 is 2.94 bits per heavy atom. The van der Waals surface area contributed by atoms with E-state index in [0.29, 0.717) is 16.6 Å². The van der Waals surface area contributed by atoms with E-state index >= 15 is 0 Å². The largest absolute Gasteiger partial charge is 0.275 e. The van der Waals surface area contributed by atoms with Crippen molar-refractivity contribution < 1.29 is 0 Å². The zero-order valence-electron chi connectivity index (χ0n) is 8.37. The van der Waals surface area contributed by atoms with Crippen LogP contribution in [0, 0.1) is 0 Å². The highest BCUT2D eigenvalue weighted by molar-refractivity contribution is 6.29. The summed E-state index contributed by atoms with van der Waals surface area (Å²) in [4.78, 5) is 3.99. The Morgan fingerprint density at radius 1 is 1.31 bits per heavy atom. The standard InChI is InChI=1S/C9H7ClN6/c1-15-3-2-6(14-15)9-13-12-8-4-7(10)11-5-16(8)9/h2-5H,1H3. The van der Waals surface area contributed by atoms with E-state index in [-0.39, 0.29) is 0 Å². The van der Waals surface area contributed by atoms with Crippen LogP contribution in [0.3, 0.4) is 0 Å². The van der Waals surface area contributed by atoms with Crippen molar-refractivity contribution in [2.75, 3.05) is 0 Å². The summed E-state index contributed by atoms with van der Waals surface area (Å²) in [5.41, 5.74) is 1.40. The Bertz CT molecular complexity index is 655. The number of aryl methyl sites for hydroxylation is 1. The zero-order valence-corrected chi connectivity index (χ0v) is 9.13. The van der Waals surface area contributed by atoms with Gasteiger partial charge in [-0.25, -0.2) is 4.98 Å². The van der Waals surface area contributed by atoms with Crippen LogP contribution in [-0.2, 0) is 7.05 Å². The van der Waals surface area contributed by atoms with E-state index < -0.39 is 0 Å². The van der Waals surface area contributed by atoms with Crippen molar-refractivity contribution in [3.05, 3.63) is 29.8 Å². The highest BCUT2D eigenvalue weighted by Gasteiger charge is 2.10. The molecule has 0 spiro atoms. The summed E-state index contributed by atoms with van der Waals surface area (Å²) in [6, 6.07) is 3.52. The third-order valence-electron chi connectivity index (χ3n) is 2.21. The van der Waals surface area contributed by atoms with Crippen LogP contribution in [0.1, 0.15) is 0 Å². The maximum atomic E-state index is 5.77. The van der Waals surface area contributed by atoms with Gasteiger partial charge in [-0.1, -0.05) is 11.6 Å². The van der Waals surface area contributed by atoms with Gasteiger partial charge in [0.2, 0.25) is 0 Å². The molecule has 0 aromatic carbocycles. The molecule has 0 fully saturated rings. The molecule has 80 valence electrons. The van der Waals surface area contributed by atoms with Gasteiger partial charge in [0.25, 0.3) is 0 Å². The van der Waals surface area contributed by atoms with Gasteiger partial charge >= 0.3 is 0 Å². The van der Waals surface area contributed by atoms with E-state index in [4.69, 9.17) is 11.6 Å². The van der Waals surface area contributed by atoms with Gasteiger partial charge < -0.3 is 0 Å². The molecular weight excluding hydrogens is 228 g/mol. The summed E-state index contributed by atoms with van der Waals surface area (Å²) >= 11 is 5.77. The van der Waals surface area contributed by atoms with Gasteiger partial charge in [-0.15, -0.1) is 10.2 Å². The number of nitrogens with zero attached hydrogens (tertiary/aromatic N) is 6. The maximum Gasteiger partial charge on any atom is 0.190 e. The maximum absolute atomic E-state index is 5.77. The fourth-order valence-corrected chi connectivity index (χ4v) is 1.62. The first-order chi connectivity index (χ1) is 7.74. The van der Waals surface area contributed by atoms with Gasteiger partial charge in [0.15, 0.2) is 11.5 Å². The molecule has 6 nitrogen and oxygen atoms in total. The second-order valence-electron chi connectivity index (χ2n) is 3.34. The van der Waals surface area contributed by atoms with Gasteiger partial charge in [-0.05, 0) is 6.07 Å². The Morgan fingerprint density at radius 2 is 2.19 bits per heavy atom. The van der Waals surface area contributed by atoms with Crippen LogP contribution >= 0.6 is 11.6 Å². The summed E-state index contributed by atoms with van der Waals surface area (Å²) in [7, 11) is 1.85. The first-order valence-electron chi connectivity index (χ1n) is 4.60. The summed E-state index contributed by atoms with van der Waals surface area (Å²) in [5.74, 6) is 0.653. The molecule has 0 atom stereocenters. The van der Waals surface area contributed by atoms with Crippen LogP contribution in [0.25, 0.3) is 17.2 Å². The number of fused-ring (bicyclic) bond motifs is 1. The molecule has 0 saturated heterocycles. The highest BCUT2D eigenvalue weighted by Crippen LogP contribution is 2.16. The van der Waals surface area contributed by atoms with E-state index in [2.05, 4.69) is 20.3 Å². The number of halogens is 1. The van der Waals surface area contributed by atoms with Crippen molar-refractivity contribution in [3.8, 4) is 11.5 Å². The molecule has 0 unspecified atom stereocenters. The minimum absolute atomic E-state index is 0.396. The molecule has 16 heavy (non-hydrogen) atoms. The molecule has 0 aliphatic rings. The van der Waals surface area contributed by atoms with Crippen molar-refractivity contribution in [3.63, 3.8) is 0 Å². The van der Waals surface area contributed by atoms with Crippen LogP contribution in [0.4, 0.5) is 0 Å². The normalized spacial score (nSPS) is 11.1. The summed E-state index contributed by atoms with van der Waals surface area (Å²) in [6.07, 6.45) is 3.43. The second-order valence-corrected chi connectivity index (χ2v) is 3.73. The molecule has 3 aromatic heterocycles. The summed E-state index contributed by atoms with van der Waals surface area (Å²) in [5, 5.41) is 12.7. The lowest BCUT2D eigenvalue weighted by Crippen LogP contribution is -1.93. The quantitative estimate of drug-likeness (QED) is 0.593. The van der Waals surface area contributed by atoms with Crippen LogP contribution in [-0.4, -0.2) is 29.4 Å². The Labute approximate surface area is 95.5 Å². The second kappa shape index (κ2) is 3.28. The Hall–Kier alpha value is -1.95. The van der Waals surface area contributed by atoms with E-state index in [0.717, 1.165) is 5.69 Å². The number of hydrogen-bond acceptors (Lipinski definition) is 4. The Balaban J connectivity index is 2.25. The molecular formula is C9H7ClN6. The van der Waals surface area contributed by atoms with Crippen molar-refractivity contribution in [2.45, 2.75) is 0 Å². The molecule has 0 bridgehead atoms. The predicted octanol–water partition coefficient (Wildman–Crippen LogP) is 1.18. The summed E-state index contributed by atoms with van der Waals surface area (Å²) < 4.78 is 3.45. The molecule has 3 rings (SSSR count). The average Bonchev–Trinajstić information content (AvgIpc) is 2.83. The lowest BCUT2D eigenvalue weighted by Gasteiger charge is -1.95. The van der Waals surface area contributed by atoms with E-state index in [1.54, 1.807) is 21.5 Å². The average molecular weight is 235 g/mol. The van der Waals surface area contributed by atoms with Crippen LogP contribution in [0.5, 0.6) is 0 Å². The molecule has 0 amide bonds. The first kappa shape index (κ1) is 9.29. The van der Waals surface area contributed by atoms with Crippen LogP contribution < -0.4 is 0 Å². The van der Waals surface area contributed by atoms with Gasteiger partial charge in [0.05, 0.1) is 0 Å². The van der Waals surface area contributed by atoms with Gasteiger partial charge in [-0.2, -0.15) is 5.10 Å². The zero-order chi connectivity index (χ0) is 11.1. The molecule has 7 heteroatoms. The topological polar surface area (TPSA) is 60.9 Å². The number of hydrogen-bond donors (Lipinski definition) is 0. The fraction of sp³-hybridized carbons (Fsp3) is 0.111. The van der Waals surface area contributed by atoms with Gasteiger partial charge in [-0.3, -0.25) is 9.08 Å². The third-order valence-corrected chi connectivity index (χ3v) is 2.42. The lowest BCUT2D eigenvalue weighted by molar-refractivity contribution is 0.768. The molecule has 3 aromatic rings. The van der Waals surface area contributed by atoms with Crippen LogP contribution in [0.2, 0.25) is 5.15 Å². The number of aromatic nitrogens is 6. The van der Waals surface area contributed by atoms with Crippen molar-refractivity contribution in [2.24, 2.45) is 7.05 Å². The molecule has 0 N–H and O–H groups in total.